The van der Waals surface area contributed by atoms with Crippen molar-refractivity contribution in [2.24, 2.45) is 0 Å². The van der Waals surface area contributed by atoms with Gasteiger partial charge in [0, 0.05) is 6.54 Å². The van der Waals surface area contributed by atoms with Gasteiger partial charge in [0.1, 0.15) is 5.82 Å². The molecule has 1 aliphatic rings. The molecule has 1 N–H and O–H groups in total. The molecular formula is C9H10BrClFN. The average Bonchev–Trinajstić information content (AvgIpc) is 2.12. The summed E-state index contributed by atoms with van der Waals surface area (Å²) in [6, 6.07) is 3.36. The fourth-order valence-electron chi connectivity index (χ4n) is 1.50. The topological polar surface area (TPSA) is 12.0 Å². The summed E-state index contributed by atoms with van der Waals surface area (Å²) in [6.45, 7) is 1.79. The lowest BCUT2D eigenvalue weighted by molar-refractivity contribution is 0.598. The zero-order valence-corrected chi connectivity index (χ0v) is 9.34. The molecule has 4 heteroatoms. The second-order valence-electron chi connectivity index (χ2n) is 2.93. The van der Waals surface area contributed by atoms with Crippen molar-refractivity contribution in [1.82, 2.24) is 5.32 Å². The Kier molecular flexibility index (Phi) is 3.71. The predicted molar refractivity (Wildman–Crippen MR) is 56.8 cm³/mol. The van der Waals surface area contributed by atoms with Gasteiger partial charge in [-0.3, -0.25) is 0 Å². The molecule has 1 aromatic carbocycles. The third-order valence-electron chi connectivity index (χ3n) is 2.16. The molecule has 0 saturated heterocycles. The molecule has 0 aliphatic carbocycles. The van der Waals surface area contributed by atoms with Crippen LogP contribution in [0.2, 0.25) is 0 Å². The van der Waals surface area contributed by atoms with Gasteiger partial charge in [-0.05, 0) is 46.1 Å². The van der Waals surface area contributed by atoms with Gasteiger partial charge in [0.15, 0.2) is 0 Å². The first-order valence-electron chi connectivity index (χ1n) is 3.95. The van der Waals surface area contributed by atoms with E-state index in [1.54, 1.807) is 0 Å². The summed E-state index contributed by atoms with van der Waals surface area (Å²) in [5, 5.41) is 3.24. The van der Waals surface area contributed by atoms with Crippen molar-refractivity contribution in [3.8, 4) is 0 Å². The Balaban J connectivity index is 0.000000845. The Morgan fingerprint density at radius 1 is 1.38 bits per heavy atom. The van der Waals surface area contributed by atoms with Gasteiger partial charge in [0.2, 0.25) is 0 Å². The number of nitrogens with one attached hydrogen (secondary N) is 1. The molecule has 1 aliphatic heterocycles. The number of benzene rings is 1. The van der Waals surface area contributed by atoms with Crippen LogP contribution >= 0.6 is 28.3 Å². The smallest absolute Gasteiger partial charge is 0.137 e. The van der Waals surface area contributed by atoms with Crippen molar-refractivity contribution < 1.29 is 4.39 Å². The lowest BCUT2D eigenvalue weighted by Gasteiger charge is -2.18. The molecule has 0 fully saturated rings. The van der Waals surface area contributed by atoms with Crippen LogP contribution < -0.4 is 5.32 Å². The standard InChI is InChI=1S/C9H9BrFN.ClH/c10-9-7-3-4-12-5-6(7)1-2-8(9)11;/h1-2,12H,3-5H2;1H. The summed E-state index contributed by atoms with van der Waals surface area (Å²) in [5.74, 6) is -0.157. The van der Waals surface area contributed by atoms with E-state index in [4.69, 9.17) is 0 Å². The minimum absolute atomic E-state index is 0. The average molecular weight is 267 g/mol. The second-order valence-corrected chi connectivity index (χ2v) is 3.72. The van der Waals surface area contributed by atoms with Crippen LogP contribution in [-0.4, -0.2) is 6.54 Å². The number of hydrogen-bond donors (Lipinski definition) is 1. The summed E-state index contributed by atoms with van der Waals surface area (Å²) in [4.78, 5) is 0. The Morgan fingerprint density at radius 2 is 2.15 bits per heavy atom. The van der Waals surface area contributed by atoms with Crippen LogP contribution in [-0.2, 0) is 13.0 Å². The zero-order chi connectivity index (χ0) is 8.55. The fraction of sp³-hybridized carbons (Fsp3) is 0.333. The molecule has 2 rings (SSSR count). The lowest BCUT2D eigenvalue weighted by Crippen LogP contribution is -2.24. The number of hydrogen-bond acceptors (Lipinski definition) is 1. The predicted octanol–water partition coefficient (Wildman–Crippen LogP) is 2.66. The Hall–Kier alpha value is -0.120. The van der Waals surface area contributed by atoms with Gasteiger partial charge in [-0.25, -0.2) is 4.39 Å². The van der Waals surface area contributed by atoms with Crippen molar-refractivity contribution >= 4 is 28.3 Å². The third kappa shape index (κ3) is 2.03. The van der Waals surface area contributed by atoms with Crippen LogP contribution in [0.15, 0.2) is 16.6 Å². The molecule has 13 heavy (non-hydrogen) atoms. The normalized spacial score (nSPS) is 14.6. The molecule has 0 amide bonds. The maximum absolute atomic E-state index is 13.0. The van der Waals surface area contributed by atoms with Crippen LogP contribution in [0.5, 0.6) is 0 Å². The fourth-order valence-corrected chi connectivity index (χ4v) is 2.09. The van der Waals surface area contributed by atoms with Crippen molar-refractivity contribution in [3.05, 3.63) is 33.5 Å². The van der Waals surface area contributed by atoms with E-state index in [1.165, 1.54) is 11.6 Å². The molecule has 1 heterocycles. The molecule has 1 nitrogen and oxygen atoms in total. The third-order valence-corrected chi connectivity index (χ3v) is 3.02. The molecule has 0 bridgehead atoms. The highest BCUT2D eigenvalue weighted by Gasteiger charge is 2.13. The summed E-state index contributed by atoms with van der Waals surface area (Å²) in [7, 11) is 0. The van der Waals surface area contributed by atoms with Gasteiger partial charge in [0.05, 0.1) is 4.47 Å². The first kappa shape index (κ1) is 11.0. The molecule has 0 atom stereocenters. The molecule has 0 radical (unpaired) electrons. The van der Waals surface area contributed by atoms with Crippen molar-refractivity contribution in [2.45, 2.75) is 13.0 Å². The lowest BCUT2D eigenvalue weighted by atomic mass is 10.0. The molecule has 1 aromatic rings. The largest absolute Gasteiger partial charge is 0.312 e. The van der Waals surface area contributed by atoms with Crippen LogP contribution in [0.3, 0.4) is 0 Å². The molecule has 0 aromatic heterocycles. The van der Waals surface area contributed by atoms with Gasteiger partial charge < -0.3 is 5.32 Å². The quantitative estimate of drug-likeness (QED) is 0.761. The van der Waals surface area contributed by atoms with E-state index in [0.29, 0.717) is 4.47 Å². The Bertz CT molecular complexity index is 317. The van der Waals surface area contributed by atoms with Crippen LogP contribution in [0.4, 0.5) is 4.39 Å². The van der Waals surface area contributed by atoms with E-state index >= 15 is 0 Å². The van der Waals surface area contributed by atoms with E-state index in [2.05, 4.69) is 21.2 Å². The zero-order valence-electron chi connectivity index (χ0n) is 6.94. The summed E-state index contributed by atoms with van der Waals surface area (Å²) in [5.41, 5.74) is 2.32. The van der Waals surface area contributed by atoms with Gasteiger partial charge in [-0.15, -0.1) is 12.4 Å². The maximum atomic E-state index is 13.0. The number of rotatable bonds is 0. The van der Waals surface area contributed by atoms with Crippen LogP contribution in [0.1, 0.15) is 11.1 Å². The minimum atomic E-state index is -0.157. The van der Waals surface area contributed by atoms with Crippen molar-refractivity contribution in [2.75, 3.05) is 6.54 Å². The van der Waals surface area contributed by atoms with E-state index < -0.39 is 0 Å². The monoisotopic (exact) mass is 265 g/mol. The second kappa shape index (κ2) is 4.40. The summed E-state index contributed by atoms with van der Waals surface area (Å²) >= 11 is 3.26. The van der Waals surface area contributed by atoms with E-state index in [1.807, 2.05) is 6.07 Å². The number of fused-ring (bicyclic) bond motifs is 1. The molecule has 72 valence electrons. The Labute approximate surface area is 91.3 Å². The molecule has 0 unspecified atom stereocenters. The summed E-state index contributed by atoms with van der Waals surface area (Å²) < 4.78 is 13.7. The molecule has 0 saturated carbocycles. The van der Waals surface area contributed by atoms with E-state index in [-0.39, 0.29) is 18.2 Å². The van der Waals surface area contributed by atoms with E-state index in [9.17, 15) is 4.39 Å². The summed E-state index contributed by atoms with van der Waals surface area (Å²) in [6.07, 6.45) is 0.910. The van der Waals surface area contributed by atoms with Crippen LogP contribution in [0, 0.1) is 5.82 Å². The van der Waals surface area contributed by atoms with Crippen molar-refractivity contribution in [3.63, 3.8) is 0 Å². The first-order chi connectivity index (χ1) is 5.79. The van der Waals surface area contributed by atoms with Gasteiger partial charge in [-0.2, -0.15) is 0 Å². The van der Waals surface area contributed by atoms with Gasteiger partial charge in [0.25, 0.3) is 0 Å². The molecule has 0 spiro atoms. The first-order valence-corrected chi connectivity index (χ1v) is 4.75. The van der Waals surface area contributed by atoms with E-state index in [0.717, 1.165) is 25.1 Å². The SMILES string of the molecule is Cl.Fc1ccc2c(c1Br)CCNC2. The minimum Gasteiger partial charge on any atom is -0.312 e. The van der Waals surface area contributed by atoms with Crippen LogP contribution in [0.25, 0.3) is 0 Å². The Morgan fingerprint density at radius 3 is 2.92 bits per heavy atom. The highest BCUT2D eigenvalue weighted by molar-refractivity contribution is 9.10. The van der Waals surface area contributed by atoms with Crippen molar-refractivity contribution in [1.29, 1.82) is 0 Å². The van der Waals surface area contributed by atoms with Gasteiger partial charge >= 0.3 is 0 Å². The highest BCUT2D eigenvalue weighted by Crippen LogP contribution is 2.26. The number of halogens is 3. The molecular weight excluding hydrogens is 256 g/mol. The van der Waals surface area contributed by atoms with Gasteiger partial charge in [-0.1, -0.05) is 6.07 Å². The highest BCUT2D eigenvalue weighted by atomic mass is 79.9. The maximum Gasteiger partial charge on any atom is 0.137 e.